The van der Waals surface area contributed by atoms with Gasteiger partial charge in [0.15, 0.2) is 11.5 Å². The van der Waals surface area contributed by atoms with Crippen LogP contribution in [0.15, 0.2) is 40.9 Å². The summed E-state index contributed by atoms with van der Waals surface area (Å²) < 4.78 is 11.9. The standard InChI is InChI=1S/C29H41NO5/c1-3-4-8-28-24(20-32)18-26(35-28)11-9-22-10-12-27(33)29(16-22)34-15-13-25-17-23(19-30-25)21(2)7-5-6-14-31/h10,12,16-19,21,30-33H,3-9,11,13-15,20H2,1-2H3. The number of benzene rings is 1. The maximum absolute atomic E-state index is 10.3. The fourth-order valence-corrected chi connectivity index (χ4v) is 4.32. The van der Waals surface area contributed by atoms with Crippen molar-refractivity contribution in [2.45, 2.75) is 84.2 Å². The SMILES string of the molecule is CCCCc1oc(CCc2ccc(O)c(OCCc3cc(C(C)CCCCO)c[nH]3)c2)cc1CO. The van der Waals surface area contributed by atoms with Crippen LogP contribution in [0.2, 0.25) is 0 Å². The average molecular weight is 484 g/mol. The molecule has 3 aromatic rings. The van der Waals surface area contributed by atoms with Gasteiger partial charge in [0.2, 0.25) is 0 Å². The Morgan fingerprint density at radius 2 is 1.86 bits per heavy atom. The highest BCUT2D eigenvalue weighted by atomic mass is 16.5. The third kappa shape index (κ3) is 8.18. The van der Waals surface area contributed by atoms with Crippen LogP contribution >= 0.6 is 0 Å². The van der Waals surface area contributed by atoms with Crippen LogP contribution in [0, 0.1) is 0 Å². The molecule has 0 fully saturated rings. The topological polar surface area (TPSA) is 98.9 Å². The van der Waals surface area contributed by atoms with E-state index in [1.54, 1.807) is 6.07 Å². The lowest BCUT2D eigenvalue weighted by molar-refractivity contribution is 0.277. The van der Waals surface area contributed by atoms with Crippen molar-refractivity contribution in [3.05, 3.63) is 70.4 Å². The molecule has 6 nitrogen and oxygen atoms in total. The van der Waals surface area contributed by atoms with E-state index < -0.39 is 0 Å². The third-order valence-corrected chi connectivity index (χ3v) is 6.57. The normalized spacial score (nSPS) is 12.2. The Hall–Kier alpha value is -2.70. The second-order valence-corrected chi connectivity index (χ2v) is 9.40. The van der Waals surface area contributed by atoms with E-state index >= 15 is 0 Å². The van der Waals surface area contributed by atoms with E-state index in [-0.39, 0.29) is 19.0 Å². The molecule has 0 aliphatic heterocycles. The minimum Gasteiger partial charge on any atom is -0.504 e. The summed E-state index contributed by atoms with van der Waals surface area (Å²) in [4.78, 5) is 3.33. The van der Waals surface area contributed by atoms with Gasteiger partial charge < -0.3 is 29.5 Å². The Kier molecular flexibility index (Phi) is 10.8. The number of aliphatic hydroxyl groups excluding tert-OH is 2. The molecule has 1 unspecified atom stereocenters. The Morgan fingerprint density at radius 1 is 1.00 bits per heavy atom. The van der Waals surface area contributed by atoms with Gasteiger partial charge in [-0.15, -0.1) is 0 Å². The van der Waals surface area contributed by atoms with Crippen LogP contribution in [0.1, 0.15) is 85.8 Å². The highest BCUT2D eigenvalue weighted by Gasteiger charge is 2.12. The third-order valence-electron chi connectivity index (χ3n) is 6.57. The minimum atomic E-state index is 0.00464. The zero-order valence-electron chi connectivity index (χ0n) is 21.2. The maximum Gasteiger partial charge on any atom is 0.161 e. The van der Waals surface area contributed by atoms with Crippen molar-refractivity contribution in [2.24, 2.45) is 0 Å². The summed E-state index contributed by atoms with van der Waals surface area (Å²) >= 11 is 0. The smallest absolute Gasteiger partial charge is 0.161 e. The number of furan rings is 1. The van der Waals surface area contributed by atoms with Crippen LogP contribution in [-0.2, 0) is 32.3 Å². The predicted molar refractivity (Wildman–Crippen MR) is 138 cm³/mol. The number of hydrogen-bond donors (Lipinski definition) is 4. The fraction of sp³-hybridized carbons (Fsp3) is 0.517. The number of phenols is 1. The fourth-order valence-electron chi connectivity index (χ4n) is 4.32. The number of nitrogens with one attached hydrogen (secondary N) is 1. The number of hydrogen-bond acceptors (Lipinski definition) is 5. The predicted octanol–water partition coefficient (Wildman–Crippen LogP) is 5.82. The van der Waals surface area contributed by atoms with Gasteiger partial charge in [0.25, 0.3) is 0 Å². The second-order valence-electron chi connectivity index (χ2n) is 9.40. The van der Waals surface area contributed by atoms with Crippen LogP contribution in [0.25, 0.3) is 0 Å². The number of phenolic OH excluding ortho intramolecular Hbond substituents is 1. The van der Waals surface area contributed by atoms with Gasteiger partial charge in [-0.05, 0) is 67.0 Å². The summed E-state index contributed by atoms with van der Waals surface area (Å²) in [5.74, 6) is 2.86. The van der Waals surface area contributed by atoms with Gasteiger partial charge in [-0.1, -0.05) is 32.8 Å². The van der Waals surface area contributed by atoms with Crippen molar-refractivity contribution >= 4 is 0 Å². The molecule has 6 heteroatoms. The summed E-state index contributed by atoms with van der Waals surface area (Å²) in [7, 11) is 0. The van der Waals surface area contributed by atoms with Crippen molar-refractivity contribution in [3.8, 4) is 11.5 Å². The van der Waals surface area contributed by atoms with Crippen LogP contribution < -0.4 is 4.74 Å². The average Bonchev–Trinajstić information content (AvgIpc) is 3.50. The van der Waals surface area contributed by atoms with E-state index in [9.17, 15) is 10.2 Å². The second kappa shape index (κ2) is 14.0. The molecule has 2 aromatic heterocycles. The van der Waals surface area contributed by atoms with Gasteiger partial charge in [-0.25, -0.2) is 0 Å². The Balaban J connectivity index is 1.50. The summed E-state index contributed by atoms with van der Waals surface area (Å²) in [6, 6.07) is 9.63. The number of aromatic nitrogens is 1. The summed E-state index contributed by atoms with van der Waals surface area (Å²) in [5, 5.41) is 28.8. The molecule has 1 atom stereocenters. The number of aromatic amines is 1. The Labute approximate surface area is 209 Å². The first-order valence-corrected chi connectivity index (χ1v) is 13.0. The van der Waals surface area contributed by atoms with Gasteiger partial charge in [0, 0.05) is 43.3 Å². The summed E-state index contributed by atoms with van der Waals surface area (Å²) in [5.41, 5.74) is 4.34. The van der Waals surface area contributed by atoms with Gasteiger partial charge in [-0.3, -0.25) is 0 Å². The zero-order valence-corrected chi connectivity index (χ0v) is 21.2. The first kappa shape index (κ1) is 26.9. The molecule has 0 saturated heterocycles. The molecule has 1 aromatic carbocycles. The van der Waals surface area contributed by atoms with Crippen molar-refractivity contribution in [1.82, 2.24) is 4.98 Å². The molecule has 0 bridgehead atoms. The molecule has 2 heterocycles. The Bertz CT molecular complexity index is 1020. The summed E-state index contributed by atoms with van der Waals surface area (Å²) in [6.45, 7) is 5.08. The number of H-pyrrole nitrogens is 1. The first-order valence-electron chi connectivity index (χ1n) is 13.0. The number of aliphatic hydroxyl groups is 2. The van der Waals surface area contributed by atoms with Crippen LogP contribution in [0.5, 0.6) is 11.5 Å². The van der Waals surface area contributed by atoms with E-state index in [1.807, 2.05) is 18.2 Å². The van der Waals surface area contributed by atoms with Gasteiger partial charge >= 0.3 is 0 Å². The maximum atomic E-state index is 10.3. The van der Waals surface area contributed by atoms with Crippen LogP contribution in [-0.4, -0.2) is 33.5 Å². The van der Waals surface area contributed by atoms with Crippen molar-refractivity contribution < 1.29 is 24.5 Å². The van der Waals surface area contributed by atoms with E-state index in [1.165, 1.54) is 5.56 Å². The molecule has 0 aliphatic carbocycles. The monoisotopic (exact) mass is 483 g/mol. The van der Waals surface area contributed by atoms with E-state index in [4.69, 9.17) is 14.3 Å². The molecular weight excluding hydrogens is 442 g/mol. The largest absolute Gasteiger partial charge is 0.504 e. The van der Waals surface area contributed by atoms with Gasteiger partial charge in [-0.2, -0.15) is 0 Å². The van der Waals surface area contributed by atoms with E-state index in [2.05, 4.69) is 31.1 Å². The van der Waals surface area contributed by atoms with E-state index in [0.717, 1.165) is 86.1 Å². The van der Waals surface area contributed by atoms with Gasteiger partial charge in [0.1, 0.15) is 11.5 Å². The molecule has 4 N–H and O–H groups in total. The lowest BCUT2D eigenvalue weighted by atomic mass is 9.97. The van der Waals surface area contributed by atoms with E-state index in [0.29, 0.717) is 18.3 Å². The van der Waals surface area contributed by atoms with Crippen molar-refractivity contribution in [2.75, 3.05) is 13.2 Å². The molecule has 3 rings (SSSR count). The number of aryl methyl sites for hydroxylation is 3. The lowest BCUT2D eigenvalue weighted by Gasteiger charge is -2.10. The van der Waals surface area contributed by atoms with Crippen molar-refractivity contribution in [1.29, 1.82) is 0 Å². The molecule has 192 valence electrons. The molecule has 35 heavy (non-hydrogen) atoms. The molecule has 0 radical (unpaired) electrons. The number of rotatable bonds is 16. The first-order chi connectivity index (χ1) is 17.0. The molecule has 0 spiro atoms. The number of unbranched alkanes of at least 4 members (excludes halogenated alkanes) is 2. The van der Waals surface area contributed by atoms with Crippen LogP contribution in [0.3, 0.4) is 0 Å². The lowest BCUT2D eigenvalue weighted by Crippen LogP contribution is -2.02. The highest BCUT2D eigenvalue weighted by molar-refractivity contribution is 5.42. The quantitative estimate of drug-likeness (QED) is 0.192. The molecular formula is C29H41NO5. The summed E-state index contributed by atoms with van der Waals surface area (Å²) in [6.07, 6.45) is 10.2. The zero-order chi connectivity index (χ0) is 25.0. The molecule has 0 saturated carbocycles. The molecule has 0 amide bonds. The van der Waals surface area contributed by atoms with Crippen LogP contribution in [0.4, 0.5) is 0 Å². The number of aromatic hydroxyl groups is 1. The van der Waals surface area contributed by atoms with Gasteiger partial charge in [0.05, 0.1) is 13.2 Å². The highest BCUT2D eigenvalue weighted by Crippen LogP contribution is 2.28. The molecule has 0 aliphatic rings. The minimum absolute atomic E-state index is 0.00464. The number of ether oxygens (including phenoxy) is 1. The Morgan fingerprint density at radius 3 is 2.63 bits per heavy atom. The van der Waals surface area contributed by atoms with Crippen molar-refractivity contribution in [3.63, 3.8) is 0 Å².